The molecule has 1 aliphatic rings. The van der Waals surface area contributed by atoms with Crippen molar-refractivity contribution in [1.29, 1.82) is 0 Å². The van der Waals surface area contributed by atoms with E-state index in [9.17, 15) is 18.0 Å². The highest BCUT2D eigenvalue weighted by Gasteiger charge is 2.39. The number of nitrogens with two attached hydrogens (primary N) is 1. The van der Waals surface area contributed by atoms with E-state index in [-0.39, 0.29) is 24.3 Å². The van der Waals surface area contributed by atoms with Crippen LogP contribution in [0.4, 0.5) is 5.82 Å². The third-order valence-electron chi connectivity index (χ3n) is 2.95. The predicted octanol–water partition coefficient (Wildman–Crippen LogP) is -1.49. The summed E-state index contributed by atoms with van der Waals surface area (Å²) in [5.41, 5.74) is -0.161. The summed E-state index contributed by atoms with van der Waals surface area (Å²) in [6, 6.07) is 0. The fourth-order valence-electron chi connectivity index (χ4n) is 2.00. The fourth-order valence-corrected chi connectivity index (χ4v) is 2.73. The average molecular weight is 288 g/mol. The smallest absolute Gasteiger partial charge is 0.341 e. The number of amides is 1. The summed E-state index contributed by atoms with van der Waals surface area (Å²) in [7, 11) is -2.37. The van der Waals surface area contributed by atoms with E-state index >= 15 is 0 Å². The van der Waals surface area contributed by atoms with Crippen LogP contribution in [0.5, 0.6) is 0 Å². The van der Waals surface area contributed by atoms with Crippen LogP contribution >= 0.6 is 0 Å². The number of hydrogen-bond donors (Lipinski definition) is 2. The number of primary sulfonamides is 1. The van der Waals surface area contributed by atoms with Crippen LogP contribution in [0.1, 0.15) is 16.8 Å². The Morgan fingerprint density at radius 1 is 1.58 bits per heavy atom. The number of carbonyl (C=O) groups excluding carboxylic acids is 1. The maximum absolute atomic E-state index is 11.8. The lowest BCUT2D eigenvalue weighted by Gasteiger charge is -2.17. The molecule has 2 rings (SSSR count). The van der Waals surface area contributed by atoms with E-state index in [0.717, 1.165) is 11.1 Å². The highest BCUT2D eigenvalue weighted by atomic mass is 32.2. The van der Waals surface area contributed by atoms with Crippen molar-refractivity contribution in [3.8, 4) is 0 Å². The SMILES string of the molecule is Cn1ncc(C(=O)O)c1N1CC(S(N)(=O)=O)CC1=O. The number of aromatic nitrogens is 2. The standard InChI is InChI=1S/C9H12N4O5S/c1-12-8(6(3-11-12)9(15)16)13-4-5(2-7(13)14)19(10,17)18/h3,5H,2,4H2,1H3,(H,15,16)(H2,10,17,18). The second-order valence-corrected chi connectivity index (χ2v) is 6.07. The summed E-state index contributed by atoms with van der Waals surface area (Å²) in [6.45, 7) is -0.169. The van der Waals surface area contributed by atoms with Gasteiger partial charge in [0.05, 0.1) is 6.20 Å². The molecule has 0 radical (unpaired) electrons. The summed E-state index contributed by atoms with van der Waals surface area (Å²) in [6.07, 6.45) is 0.846. The first-order chi connectivity index (χ1) is 8.71. The normalized spacial score (nSPS) is 20.0. The van der Waals surface area contributed by atoms with Crippen LogP contribution in [0, 0.1) is 0 Å². The predicted molar refractivity (Wildman–Crippen MR) is 64.0 cm³/mol. The third kappa shape index (κ3) is 2.31. The number of anilines is 1. The Kier molecular flexibility index (Phi) is 3.06. The van der Waals surface area contributed by atoms with E-state index in [0.29, 0.717) is 0 Å². The zero-order valence-corrected chi connectivity index (χ0v) is 10.8. The molecule has 0 spiro atoms. The summed E-state index contributed by atoms with van der Waals surface area (Å²) in [5.74, 6) is -1.68. The van der Waals surface area contributed by atoms with Gasteiger partial charge in [0.15, 0.2) is 0 Å². The Hall–Kier alpha value is -1.94. The van der Waals surface area contributed by atoms with Crippen LogP contribution in [-0.2, 0) is 21.9 Å². The van der Waals surface area contributed by atoms with Crippen LogP contribution in [0.15, 0.2) is 6.20 Å². The van der Waals surface area contributed by atoms with Gasteiger partial charge in [0, 0.05) is 20.0 Å². The lowest BCUT2D eigenvalue weighted by molar-refractivity contribution is -0.117. The molecule has 1 fully saturated rings. The molecule has 3 N–H and O–H groups in total. The number of carboxylic acids is 1. The molecule has 1 aliphatic heterocycles. The van der Waals surface area contributed by atoms with Crippen molar-refractivity contribution in [1.82, 2.24) is 9.78 Å². The average Bonchev–Trinajstić information content (AvgIpc) is 2.80. The molecular formula is C9H12N4O5S. The summed E-state index contributed by atoms with van der Waals surface area (Å²) < 4.78 is 23.7. The number of sulfonamides is 1. The van der Waals surface area contributed by atoms with Crippen LogP contribution in [-0.4, -0.2) is 47.0 Å². The largest absolute Gasteiger partial charge is 0.477 e. The molecule has 19 heavy (non-hydrogen) atoms. The molecule has 0 bridgehead atoms. The first kappa shape index (κ1) is 13.5. The molecule has 9 nitrogen and oxygen atoms in total. The van der Waals surface area contributed by atoms with Gasteiger partial charge < -0.3 is 5.11 Å². The van der Waals surface area contributed by atoms with Gasteiger partial charge in [-0.15, -0.1) is 0 Å². The Balaban J connectivity index is 2.41. The minimum atomic E-state index is -3.84. The molecule has 1 unspecified atom stereocenters. The fraction of sp³-hybridized carbons (Fsp3) is 0.444. The second-order valence-electron chi connectivity index (χ2n) is 4.23. The van der Waals surface area contributed by atoms with Gasteiger partial charge in [0.1, 0.15) is 16.6 Å². The number of rotatable bonds is 3. The Morgan fingerprint density at radius 2 is 2.21 bits per heavy atom. The van der Waals surface area contributed by atoms with Crippen molar-refractivity contribution < 1.29 is 23.1 Å². The van der Waals surface area contributed by atoms with Gasteiger partial charge in [-0.1, -0.05) is 0 Å². The Labute approximate surface area is 108 Å². The number of carboxylic acid groups (broad SMARTS) is 1. The molecule has 0 aromatic carbocycles. The van der Waals surface area contributed by atoms with Crippen molar-refractivity contribution in [2.75, 3.05) is 11.4 Å². The molecule has 10 heteroatoms. The lowest BCUT2D eigenvalue weighted by atomic mass is 10.3. The number of nitrogens with zero attached hydrogens (tertiary/aromatic N) is 3. The minimum Gasteiger partial charge on any atom is -0.477 e. The van der Waals surface area contributed by atoms with E-state index in [1.807, 2.05) is 0 Å². The maximum atomic E-state index is 11.8. The van der Waals surface area contributed by atoms with Crippen molar-refractivity contribution >= 4 is 27.7 Å². The molecular weight excluding hydrogens is 276 g/mol. The van der Waals surface area contributed by atoms with Gasteiger partial charge in [-0.05, 0) is 0 Å². The first-order valence-electron chi connectivity index (χ1n) is 5.29. The molecule has 1 aromatic heterocycles. The minimum absolute atomic E-state index is 0.0589. The van der Waals surface area contributed by atoms with E-state index in [2.05, 4.69) is 5.10 Å². The van der Waals surface area contributed by atoms with E-state index in [1.54, 1.807) is 0 Å². The number of carbonyl (C=O) groups is 2. The second kappa shape index (κ2) is 4.31. The van der Waals surface area contributed by atoms with Crippen molar-refractivity contribution in [3.63, 3.8) is 0 Å². The third-order valence-corrected chi connectivity index (χ3v) is 4.19. The van der Waals surface area contributed by atoms with Crippen LogP contribution < -0.4 is 10.0 Å². The molecule has 1 saturated heterocycles. The van der Waals surface area contributed by atoms with Crippen molar-refractivity contribution in [2.24, 2.45) is 12.2 Å². The van der Waals surface area contributed by atoms with Gasteiger partial charge in [0.25, 0.3) is 0 Å². The maximum Gasteiger partial charge on any atom is 0.341 e. The summed E-state index contributed by atoms with van der Waals surface area (Å²) in [4.78, 5) is 24.0. The molecule has 104 valence electrons. The van der Waals surface area contributed by atoms with Crippen LogP contribution in [0.25, 0.3) is 0 Å². The number of aryl methyl sites for hydroxylation is 1. The highest BCUT2D eigenvalue weighted by Crippen LogP contribution is 2.26. The monoisotopic (exact) mass is 288 g/mol. The van der Waals surface area contributed by atoms with E-state index < -0.39 is 27.1 Å². The molecule has 0 saturated carbocycles. The van der Waals surface area contributed by atoms with Crippen molar-refractivity contribution in [3.05, 3.63) is 11.8 Å². The molecule has 2 heterocycles. The lowest BCUT2D eigenvalue weighted by Crippen LogP contribution is -2.33. The number of aromatic carboxylic acids is 1. The van der Waals surface area contributed by atoms with Gasteiger partial charge in [-0.3, -0.25) is 14.4 Å². The quantitative estimate of drug-likeness (QED) is 0.695. The van der Waals surface area contributed by atoms with Gasteiger partial charge in [-0.25, -0.2) is 18.4 Å². The Bertz CT molecular complexity index is 650. The summed E-state index contributed by atoms with van der Waals surface area (Å²) in [5, 5.41) is 16.8. The van der Waals surface area contributed by atoms with Crippen LogP contribution in [0.3, 0.4) is 0 Å². The van der Waals surface area contributed by atoms with E-state index in [1.165, 1.54) is 11.7 Å². The van der Waals surface area contributed by atoms with E-state index in [4.69, 9.17) is 10.2 Å². The Morgan fingerprint density at radius 3 is 2.68 bits per heavy atom. The molecule has 1 amide bonds. The zero-order valence-electron chi connectivity index (χ0n) is 9.98. The van der Waals surface area contributed by atoms with Crippen molar-refractivity contribution in [2.45, 2.75) is 11.7 Å². The molecule has 1 aromatic rings. The zero-order chi connectivity index (χ0) is 14.4. The molecule has 1 atom stereocenters. The highest BCUT2D eigenvalue weighted by molar-refractivity contribution is 7.89. The topological polar surface area (TPSA) is 136 Å². The van der Waals surface area contributed by atoms with Gasteiger partial charge >= 0.3 is 5.97 Å². The molecule has 0 aliphatic carbocycles. The number of hydrogen-bond acceptors (Lipinski definition) is 5. The van der Waals surface area contributed by atoms with Gasteiger partial charge in [-0.2, -0.15) is 5.10 Å². The first-order valence-corrected chi connectivity index (χ1v) is 6.90. The van der Waals surface area contributed by atoms with Gasteiger partial charge in [0.2, 0.25) is 15.9 Å². The summed E-state index contributed by atoms with van der Waals surface area (Å²) >= 11 is 0. The van der Waals surface area contributed by atoms with Crippen LogP contribution in [0.2, 0.25) is 0 Å².